The second kappa shape index (κ2) is 2.90. The summed E-state index contributed by atoms with van der Waals surface area (Å²) in [6, 6.07) is -0.167. The van der Waals surface area contributed by atoms with E-state index in [4.69, 9.17) is 5.11 Å². The van der Waals surface area contributed by atoms with Crippen molar-refractivity contribution in [2.24, 2.45) is 5.92 Å². The molecule has 1 rings (SSSR count). The van der Waals surface area contributed by atoms with Gasteiger partial charge in [0.05, 0.1) is 6.42 Å². The smallest absolute Gasteiger partial charge is 0.305 e. The summed E-state index contributed by atoms with van der Waals surface area (Å²) in [5, 5.41) is 11.0. The molecule has 11 heavy (non-hydrogen) atoms. The molecule has 4 heteroatoms. The van der Waals surface area contributed by atoms with Gasteiger partial charge in [-0.1, -0.05) is 6.92 Å². The molecule has 0 spiro atoms. The predicted molar refractivity (Wildman–Crippen MR) is 38.0 cm³/mol. The fourth-order valence-corrected chi connectivity index (χ4v) is 1.28. The fourth-order valence-electron chi connectivity index (χ4n) is 1.28. The Morgan fingerprint density at radius 1 is 1.82 bits per heavy atom. The third-order valence-electron chi connectivity index (χ3n) is 1.94. The second-order valence-electron chi connectivity index (χ2n) is 2.95. The molecule has 0 bridgehead atoms. The molecule has 0 aromatic carbocycles. The number of carboxylic acids is 1. The summed E-state index contributed by atoms with van der Waals surface area (Å²) in [5.74, 6) is -0.744. The van der Waals surface area contributed by atoms with E-state index in [0.29, 0.717) is 6.42 Å². The number of nitrogens with one attached hydrogen (secondary N) is 1. The summed E-state index contributed by atoms with van der Waals surface area (Å²) in [7, 11) is 0. The lowest BCUT2D eigenvalue weighted by Gasteiger charge is -2.10. The Morgan fingerprint density at radius 3 is 2.82 bits per heavy atom. The minimum Gasteiger partial charge on any atom is -0.481 e. The maximum atomic E-state index is 10.7. The lowest BCUT2D eigenvalue weighted by Crippen LogP contribution is -2.30. The van der Waals surface area contributed by atoms with Crippen molar-refractivity contribution in [1.29, 1.82) is 0 Å². The summed E-state index contributed by atoms with van der Waals surface area (Å²) in [6.45, 7) is 1.88. The Kier molecular flexibility index (Phi) is 2.12. The van der Waals surface area contributed by atoms with Gasteiger partial charge in [0.2, 0.25) is 5.91 Å². The highest BCUT2D eigenvalue weighted by Crippen LogP contribution is 2.17. The van der Waals surface area contributed by atoms with Gasteiger partial charge in [-0.3, -0.25) is 9.59 Å². The average molecular weight is 157 g/mol. The monoisotopic (exact) mass is 157 g/mol. The molecule has 62 valence electrons. The molecule has 2 unspecified atom stereocenters. The van der Waals surface area contributed by atoms with Crippen LogP contribution in [0.3, 0.4) is 0 Å². The molecule has 2 atom stereocenters. The molecule has 1 amide bonds. The van der Waals surface area contributed by atoms with E-state index >= 15 is 0 Å². The van der Waals surface area contributed by atoms with Crippen molar-refractivity contribution in [3.8, 4) is 0 Å². The van der Waals surface area contributed by atoms with Gasteiger partial charge in [-0.05, 0) is 5.92 Å². The summed E-state index contributed by atoms with van der Waals surface area (Å²) in [4.78, 5) is 21.0. The standard InChI is InChI=1S/C7H11NO3/c1-4-2-6(9)8-5(4)3-7(10)11/h4-5H,2-3H2,1H3,(H,8,9)(H,10,11). The van der Waals surface area contributed by atoms with Crippen molar-refractivity contribution in [2.75, 3.05) is 0 Å². The SMILES string of the molecule is CC1CC(=O)NC1CC(=O)O. The molecule has 1 aliphatic rings. The van der Waals surface area contributed by atoms with Gasteiger partial charge in [0, 0.05) is 12.5 Å². The Morgan fingerprint density at radius 2 is 2.45 bits per heavy atom. The van der Waals surface area contributed by atoms with Gasteiger partial charge in [-0.2, -0.15) is 0 Å². The Hall–Kier alpha value is -1.06. The van der Waals surface area contributed by atoms with Crippen LogP contribution in [0.4, 0.5) is 0 Å². The Labute approximate surface area is 64.6 Å². The van der Waals surface area contributed by atoms with Crippen molar-refractivity contribution in [3.05, 3.63) is 0 Å². The summed E-state index contributed by atoms with van der Waals surface area (Å²) in [6.07, 6.45) is 0.491. The lowest BCUT2D eigenvalue weighted by atomic mass is 10.0. The summed E-state index contributed by atoms with van der Waals surface area (Å²) < 4.78 is 0. The maximum absolute atomic E-state index is 10.7. The van der Waals surface area contributed by atoms with Crippen LogP contribution in [0.1, 0.15) is 19.8 Å². The first-order valence-corrected chi connectivity index (χ1v) is 3.60. The van der Waals surface area contributed by atoms with Crippen molar-refractivity contribution < 1.29 is 14.7 Å². The van der Waals surface area contributed by atoms with E-state index in [9.17, 15) is 9.59 Å². The van der Waals surface area contributed by atoms with Crippen molar-refractivity contribution >= 4 is 11.9 Å². The third-order valence-corrected chi connectivity index (χ3v) is 1.94. The molecule has 0 radical (unpaired) electrons. The molecular weight excluding hydrogens is 146 g/mol. The van der Waals surface area contributed by atoms with Crippen LogP contribution >= 0.6 is 0 Å². The highest BCUT2D eigenvalue weighted by Gasteiger charge is 2.29. The molecule has 2 N–H and O–H groups in total. The predicted octanol–water partition coefficient (Wildman–Crippen LogP) is -0.0143. The molecule has 1 aliphatic heterocycles. The molecule has 1 saturated heterocycles. The topological polar surface area (TPSA) is 66.4 Å². The zero-order chi connectivity index (χ0) is 8.43. The molecule has 0 saturated carbocycles. The van der Waals surface area contributed by atoms with E-state index in [2.05, 4.69) is 5.32 Å². The molecule has 4 nitrogen and oxygen atoms in total. The quantitative estimate of drug-likeness (QED) is 0.592. The average Bonchev–Trinajstić information content (AvgIpc) is 2.09. The van der Waals surface area contributed by atoms with E-state index in [1.54, 1.807) is 0 Å². The van der Waals surface area contributed by atoms with Gasteiger partial charge >= 0.3 is 5.97 Å². The first-order chi connectivity index (χ1) is 5.09. The lowest BCUT2D eigenvalue weighted by molar-refractivity contribution is -0.137. The van der Waals surface area contributed by atoms with Gasteiger partial charge in [0.15, 0.2) is 0 Å². The van der Waals surface area contributed by atoms with Crippen LogP contribution in [-0.4, -0.2) is 23.0 Å². The molecule has 0 aromatic rings. The summed E-state index contributed by atoms with van der Waals surface area (Å²) >= 11 is 0. The third kappa shape index (κ3) is 1.93. The number of hydrogen-bond acceptors (Lipinski definition) is 2. The zero-order valence-corrected chi connectivity index (χ0v) is 6.33. The van der Waals surface area contributed by atoms with E-state index in [1.807, 2.05) is 6.92 Å². The minimum absolute atomic E-state index is 0.0346. The van der Waals surface area contributed by atoms with Crippen LogP contribution in [0, 0.1) is 5.92 Å². The van der Waals surface area contributed by atoms with E-state index < -0.39 is 5.97 Å². The molecule has 1 fully saturated rings. The largest absolute Gasteiger partial charge is 0.481 e. The second-order valence-corrected chi connectivity index (χ2v) is 2.95. The first kappa shape index (κ1) is 8.04. The van der Waals surface area contributed by atoms with Crippen LogP contribution in [0.25, 0.3) is 0 Å². The van der Waals surface area contributed by atoms with Crippen LogP contribution in [-0.2, 0) is 9.59 Å². The Bertz CT molecular complexity index is 190. The number of aliphatic carboxylic acids is 1. The van der Waals surface area contributed by atoms with E-state index in [-0.39, 0.29) is 24.3 Å². The highest BCUT2D eigenvalue weighted by atomic mass is 16.4. The normalized spacial score (nSPS) is 30.1. The van der Waals surface area contributed by atoms with Crippen molar-refractivity contribution in [2.45, 2.75) is 25.8 Å². The molecule has 0 aromatic heterocycles. The number of carbonyl (C=O) groups excluding carboxylic acids is 1. The van der Waals surface area contributed by atoms with Gasteiger partial charge in [-0.15, -0.1) is 0 Å². The maximum Gasteiger partial charge on any atom is 0.305 e. The van der Waals surface area contributed by atoms with Gasteiger partial charge < -0.3 is 10.4 Å². The van der Waals surface area contributed by atoms with Gasteiger partial charge in [-0.25, -0.2) is 0 Å². The number of carbonyl (C=O) groups is 2. The fraction of sp³-hybridized carbons (Fsp3) is 0.714. The van der Waals surface area contributed by atoms with Crippen molar-refractivity contribution in [1.82, 2.24) is 5.32 Å². The van der Waals surface area contributed by atoms with Crippen molar-refractivity contribution in [3.63, 3.8) is 0 Å². The van der Waals surface area contributed by atoms with E-state index in [0.717, 1.165) is 0 Å². The molecule has 0 aliphatic carbocycles. The van der Waals surface area contributed by atoms with Crippen LogP contribution in [0.5, 0.6) is 0 Å². The van der Waals surface area contributed by atoms with Gasteiger partial charge in [0.25, 0.3) is 0 Å². The van der Waals surface area contributed by atoms with Crippen LogP contribution in [0.15, 0.2) is 0 Å². The molecular formula is C7H11NO3. The van der Waals surface area contributed by atoms with E-state index in [1.165, 1.54) is 0 Å². The number of hydrogen-bond donors (Lipinski definition) is 2. The first-order valence-electron chi connectivity index (χ1n) is 3.60. The number of carboxylic acid groups (broad SMARTS) is 1. The molecule has 1 heterocycles. The minimum atomic E-state index is -0.857. The number of amides is 1. The van der Waals surface area contributed by atoms with Crippen LogP contribution in [0.2, 0.25) is 0 Å². The van der Waals surface area contributed by atoms with Gasteiger partial charge in [0.1, 0.15) is 0 Å². The summed E-state index contributed by atoms with van der Waals surface area (Å²) in [5.41, 5.74) is 0. The highest BCUT2D eigenvalue weighted by molar-refractivity contribution is 5.80. The Balaban J connectivity index is 2.46. The zero-order valence-electron chi connectivity index (χ0n) is 6.33. The number of rotatable bonds is 2. The van der Waals surface area contributed by atoms with Crippen LogP contribution < -0.4 is 5.32 Å².